The summed E-state index contributed by atoms with van der Waals surface area (Å²) in [5.74, 6) is 0.854. The van der Waals surface area contributed by atoms with Gasteiger partial charge < -0.3 is 10.5 Å². The zero-order chi connectivity index (χ0) is 24.7. The molecule has 3 amide bonds. The minimum Gasteiger partial charge on any atom is -0.486 e. The lowest BCUT2D eigenvalue weighted by Gasteiger charge is -2.22. The monoisotopic (exact) mass is 481 g/mol. The third-order valence-electron chi connectivity index (χ3n) is 5.45. The summed E-state index contributed by atoms with van der Waals surface area (Å²) in [6.45, 7) is 8.19. The average Bonchev–Trinajstić information content (AvgIpc) is 3.23. The van der Waals surface area contributed by atoms with Gasteiger partial charge in [-0.15, -0.1) is 10.2 Å². The van der Waals surface area contributed by atoms with Gasteiger partial charge in [0.25, 0.3) is 0 Å². The molecular weight excluding hydrogens is 450 g/mol. The van der Waals surface area contributed by atoms with Crippen LogP contribution in [0, 0.1) is 5.92 Å². The molecule has 3 aromatic rings. The number of hydrogen-bond acceptors (Lipinski definition) is 6. The molecule has 1 heterocycles. The van der Waals surface area contributed by atoms with Gasteiger partial charge in [-0.2, -0.15) is 0 Å². The molecule has 0 aliphatic rings. The molecule has 0 bridgehead atoms. The molecule has 0 fully saturated rings. The van der Waals surface area contributed by atoms with Crippen molar-refractivity contribution >= 4 is 23.7 Å². The number of thioether (sulfide) groups is 1. The van der Waals surface area contributed by atoms with E-state index in [1.807, 2.05) is 73.0 Å². The Morgan fingerprint density at radius 3 is 2.32 bits per heavy atom. The summed E-state index contributed by atoms with van der Waals surface area (Å²) in [5.41, 5.74) is 7.47. The second-order valence-corrected chi connectivity index (χ2v) is 9.39. The van der Waals surface area contributed by atoms with E-state index in [2.05, 4.69) is 29.4 Å². The van der Waals surface area contributed by atoms with Crippen LogP contribution in [-0.4, -0.2) is 32.0 Å². The largest absolute Gasteiger partial charge is 0.486 e. The van der Waals surface area contributed by atoms with Crippen LogP contribution in [-0.2, 0) is 17.8 Å². The number of aryl methyl sites for hydroxylation is 1. The van der Waals surface area contributed by atoms with Gasteiger partial charge in [0, 0.05) is 0 Å². The van der Waals surface area contributed by atoms with Crippen LogP contribution in [0.2, 0.25) is 0 Å². The molecule has 34 heavy (non-hydrogen) atoms. The normalized spacial score (nSPS) is 12.9. The number of primary amides is 1. The Balaban J connectivity index is 1.91. The first-order valence-corrected chi connectivity index (χ1v) is 12.2. The number of nitrogens with zero attached hydrogens (tertiary/aromatic N) is 3. The van der Waals surface area contributed by atoms with Crippen molar-refractivity contribution in [3.8, 4) is 5.75 Å². The van der Waals surface area contributed by atoms with E-state index in [-0.39, 0.29) is 18.6 Å². The van der Waals surface area contributed by atoms with Crippen LogP contribution in [0.25, 0.3) is 0 Å². The van der Waals surface area contributed by atoms with Crippen LogP contribution in [0.4, 0.5) is 4.79 Å². The van der Waals surface area contributed by atoms with Crippen molar-refractivity contribution in [3.05, 3.63) is 71.5 Å². The summed E-state index contributed by atoms with van der Waals surface area (Å²) in [7, 11) is 0. The Bertz CT molecular complexity index is 1100. The highest BCUT2D eigenvalue weighted by atomic mass is 32.2. The Labute approximate surface area is 204 Å². The second-order valence-electron chi connectivity index (χ2n) is 8.28. The number of carbonyl (C=O) groups is 2. The van der Waals surface area contributed by atoms with Crippen LogP contribution in [0.3, 0.4) is 0 Å². The van der Waals surface area contributed by atoms with Gasteiger partial charge in [-0.3, -0.25) is 14.7 Å². The molecule has 0 aliphatic heterocycles. The first-order chi connectivity index (χ1) is 16.3. The van der Waals surface area contributed by atoms with Gasteiger partial charge in [-0.1, -0.05) is 75.0 Å². The molecule has 3 N–H and O–H groups in total. The van der Waals surface area contributed by atoms with Crippen LogP contribution in [0.15, 0.2) is 59.8 Å². The van der Waals surface area contributed by atoms with Crippen LogP contribution < -0.4 is 15.8 Å². The number of nitrogens with two attached hydrogens (primary N) is 1. The lowest BCUT2D eigenvalue weighted by Crippen LogP contribution is -2.42. The van der Waals surface area contributed by atoms with E-state index in [1.165, 1.54) is 17.3 Å². The van der Waals surface area contributed by atoms with Gasteiger partial charge in [0.1, 0.15) is 12.4 Å². The molecule has 8 nitrogen and oxygen atoms in total. The van der Waals surface area contributed by atoms with E-state index in [0.717, 1.165) is 17.7 Å². The van der Waals surface area contributed by atoms with Gasteiger partial charge in [0.15, 0.2) is 11.0 Å². The summed E-state index contributed by atoms with van der Waals surface area (Å²) in [6, 6.07) is 17.0. The first-order valence-electron chi connectivity index (χ1n) is 11.3. The number of amides is 3. The van der Waals surface area contributed by atoms with E-state index in [9.17, 15) is 9.59 Å². The number of aromatic nitrogens is 3. The molecule has 0 aliphatic carbocycles. The van der Waals surface area contributed by atoms with E-state index < -0.39 is 17.2 Å². The van der Waals surface area contributed by atoms with Gasteiger partial charge in [0.05, 0.1) is 11.3 Å². The molecule has 3 rings (SSSR count). The van der Waals surface area contributed by atoms with E-state index in [4.69, 9.17) is 10.5 Å². The molecule has 2 unspecified atom stereocenters. The summed E-state index contributed by atoms with van der Waals surface area (Å²) in [5, 5.41) is 10.9. The van der Waals surface area contributed by atoms with Crippen LogP contribution in [0.1, 0.15) is 50.7 Å². The lowest BCUT2D eigenvalue weighted by atomic mass is 10.1. The van der Waals surface area contributed by atoms with E-state index >= 15 is 0 Å². The van der Waals surface area contributed by atoms with Crippen molar-refractivity contribution < 1.29 is 14.3 Å². The Hall–Kier alpha value is -3.33. The molecule has 0 saturated heterocycles. The van der Waals surface area contributed by atoms with E-state index in [1.54, 1.807) is 0 Å². The molecule has 0 spiro atoms. The van der Waals surface area contributed by atoms with Crippen molar-refractivity contribution in [1.82, 2.24) is 20.1 Å². The Kier molecular flexibility index (Phi) is 8.70. The average molecular weight is 482 g/mol. The van der Waals surface area contributed by atoms with Crippen molar-refractivity contribution in [3.63, 3.8) is 0 Å². The fourth-order valence-electron chi connectivity index (χ4n) is 3.52. The van der Waals surface area contributed by atoms with Gasteiger partial charge in [-0.05, 0) is 42.5 Å². The number of benzene rings is 2. The minimum atomic E-state index is -0.876. The molecule has 2 atom stereocenters. The summed E-state index contributed by atoms with van der Waals surface area (Å²) in [4.78, 5) is 23.9. The first kappa shape index (κ1) is 25.3. The minimum absolute atomic E-state index is 0.0710. The molecule has 0 saturated carbocycles. The predicted octanol–water partition coefficient (Wildman–Crippen LogP) is 4.34. The number of hydrogen-bond donors (Lipinski definition) is 2. The Morgan fingerprint density at radius 1 is 1.06 bits per heavy atom. The van der Waals surface area contributed by atoms with Gasteiger partial charge >= 0.3 is 6.03 Å². The molecule has 9 heteroatoms. The smallest absolute Gasteiger partial charge is 0.318 e. The zero-order valence-corrected chi connectivity index (χ0v) is 20.7. The predicted molar refractivity (Wildman–Crippen MR) is 133 cm³/mol. The molecule has 1 aromatic heterocycles. The lowest BCUT2D eigenvalue weighted by molar-refractivity contribution is -0.120. The van der Waals surface area contributed by atoms with Crippen molar-refractivity contribution in [1.29, 1.82) is 0 Å². The summed E-state index contributed by atoms with van der Waals surface area (Å²) < 4.78 is 7.99. The third kappa shape index (κ3) is 6.38. The zero-order valence-electron chi connectivity index (χ0n) is 19.9. The fourth-order valence-corrected chi connectivity index (χ4v) is 4.65. The number of nitrogens with one attached hydrogen (secondary N) is 1. The maximum absolute atomic E-state index is 12.6. The van der Waals surface area contributed by atoms with Gasteiger partial charge in [-0.25, -0.2) is 4.79 Å². The Morgan fingerprint density at radius 2 is 1.74 bits per heavy atom. The van der Waals surface area contributed by atoms with Crippen molar-refractivity contribution in [2.24, 2.45) is 11.7 Å². The maximum atomic E-state index is 12.6. The number of rotatable bonds is 10. The highest BCUT2D eigenvalue weighted by Gasteiger charge is 2.29. The highest BCUT2D eigenvalue weighted by Crippen LogP contribution is 2.32. The maximum Gasteiger partial charge on any atom is 0.318 e. The number of ether oxygens (including phenoxy) is 1. The highest BCUT2D eigenvalue weighted by molar-refractivity contribution is 8.00. The molecular formula is C25H31N5O3S. The molecule has 2 aromatic carbocycles. The fraction of sp³-hybridized carbons (Fsp3) is 0.360. The standard InChI is InChI=1S/C25H31N5O3S/c1-5-18-11-13-20(14-12-18)33-15-21-28-29-25(30(21)17(4)19-9-7-6-8-10-19)34-22(16(2)3)23(31)27-24(26)32/h6-14,16-17,22H,5,15H2,1-4H3,(H3,26,27,31,32). The number of carbonyl (C=O) groups excluding carboxylic acids is 2. The topological polar surface area (TPSA) is 112 Å². The van der Waals surface area contributed by atoms with Crippen LogP contribution >= 0.6 is 11.8 Å². The van der Waals surface area contributed by atoms with Crippen molar-refractivity contribution in [2.45, 2.75) is 57.2 Å². The summed E-state index contributed by atoms with van der Waals surface area (Å²) >= 11 is 1.26. The number of urea groups is 1. The van der Waals surface area contributed by atoms with E-state index in [0.29, 0.717) is 11.0 Å². The molecule has 180 valence electrons. The summed E-state index contributed by atoms with van der Waals surface area (Å²) in [6.07, 6.45) is 0.962. The van der Waals surface area contributed by atoms with Crippen molar-refractivity contribution in [2.75, 3.05) is 0 Å². The SMILES string of the molecule is CCc1ccc(OCc2nnc(SC(C(=O)NC(N)=O)C(C)C)n2C(C)c2ccccc2)cc1. The second kappa shape index (κ2) is 11.7. The third-order valence-corrected chi connectivity index (χ3v) is 6.95. The van der Waals surface area contributed by atoms with Crippen LogP contribution in [0.5, 0.6) is 5.75 Å². The van der Waals surface area contributed by atoms with Gasteiger partial charge in [0.2, 0.25) is 5.91 Å². The number of imide groups is 1. The quantitative estimate of drug-likeness (QED) is 0.417. The molecule has 0 radical (unpaired) electrons.